The Balaban J connectivity index is 1.58. The molecular weight excluding hydrogens is 430 g/mol. The van der Waals surface area contributed by atoms with Crippen LogP contribution in [0.2, 0.25) is 0 Å². The number of nitrogens with zero attached hydrogens (tertiary/aromatic N) is 3. The standard InChI is InChI=1S/C26H35N5O3/c1-19-6-2-3-7-21(19)16-30(18-23-9-5-13-34-23)22-14-24(25(32)29-12-10-27)31(17-22)26(33)20-8-4-11-28-15-20/h2-4,6-8,11,15,22-24H,5,9-10,12-14,16-18,27H2,1H3,(H,29,32). The van der Waals surface area contributed by atoms with Crippen LogP contribution in [-0.2, 0) is 16.1 Å². The van der Waals surface area contributed by atoms with E-state index in [-0.39, 0.29) is 24.0 Å². The first-order valence-corrected chi connectivity index (χ1v) is 12.2. The molecule has 182 valence electrons. The van der Waals surface area contributed by atoms with E-state index in [4.69, 9.17) is 10.5 Å². The number of pyridine rings is 1. The van der Waals surface area contributed by atoms with E-state index in [1.54, 1.807) is 29.4 Å². The fraction of sp³-hybridized carbons (Fsp3) is 0.500. The Morgan fingerprint density at radius 3 is 2.82 bits per heavy atom. The molecule has 2 saturated heterocycles. The van der Waals surface area contributed by atoms with E-state index in [1.807, 2.05) is 6.07 Å². The van der Waals surface area contributed by atoms with Gasteiger partial charge in [-0.2, -0.15) is 0 Å². The summed E-state index contributed by atoms with van der Waals surface area (Å²) in [5, 5.41) is 2.89. The molecule has 8 heteroatoms. The number of amides is 2. The Kier molecular flexibility index (Phi) is 8.26. The Morgan fingerprint density at radius 1 is 1.26 bits per heavy atom. The van der Waals surface area contributed by atoms with Gasteiger partial charge in [-0.3, -0.25) is 19.5 Å². The average Bonchev–Trinajstić information content (AvgIpc) is 3.54. The molecule has 0 radical (unpaired) electrons. The van der Waals surface area contributed by atoms with Crippen molar-refractivity contribution in [3.05, 3.63) is 65.5 Å². The lowest BCUT2D eigenvalue weighted by atomic mass is 10.0. The van der Waals surface area contributed by atoms with Crippen LogP contribution < -0.4 is 11.1 Å². The Hall–Kier alpha value is -2.81. The molecule has 3 N–H and O–H groups in total. The predicted molar refractivity (Wildman–Crippen MR) is 130 cm³/mol. The van der Waals surface area contributed by atoms with Gasteiger partial charge in [-0.25, -0.2) is 0 Å². The van der Waals surface area contributed by atoms with Gasteiger partial charge in [-0.15, -0.1) is 0 Å². The van der Waals surface area contributed by atoms with Gasteiger partial charge in [0, 0.05) is 57.8 Å². The number of hydrogen-bond acceptors (Lipinski definition) is 6. The minimum atomic E-state index is -0.548. The number of aromatic nitrogens is 1. The van der Waals surface area contributed by atoms with Crippen molar-refractivity contribution in [2.24, 2.45) is 5.73 Å². The van der Waals surface area contributed by atoms with E-state index in [9.17, 15) is 9.59 Å². The largest absolute Gasteiger partial charge is 0.377 e. The predicted octanol–water partition coefficient (Wildman–Crippen LogP) is 1.73. The molecule has 2 aliphatic rings. The summed E-state index contributed by atoms with van der Waals surface area (Å²) in [7, 11) is 0. The van der Waals surface area contributed by atoms with Crippen molar-refractivity contribution < 1.29 is 14.3 Å². The molecule has 2 amide bonds. The van der Waals surface area contributed by atoms with Crippen LogP contribution >= 0.6 is 0 Å². The molecule has 3 unspecified atom stereocenters. The normalized spacial score (nSPS) is 22.3. The molecule has 2 aromatic rings. The van der Waals surface area contributed by atoms with Crippen LogP contribution in [-0.4, -0.2) is 77.6 Å². The molecule has 2 fully saturated rings. The quantitative estimate of drug-likeness (QED) is 0.585. The zero-order chi connectivity index (χ0) is 23.9. The molecule has 0 saturated carbocycles. The van der Waals surface area contributed by atoms with Crippen LogP contribution in [0, 0.1) is 6.92 Å². The minimum absolute atomic E-state index is 0.0399. The maximum Gasteiger partial charge on any atom is 0.256 e. The van der Waals surface area contributed by atoms with Crippen molar-refractivity contribution >= 4 is 11.8 Å². The second-order valence-corrected chi connectivity index (χ2v) is 9.18. The lowest BCUT2D eigenvalue weighted by Crippen LogP contribution is -2.47. The summed E-state index contributed by atoms with van der Waals surface area (Å²) in [6, 6.07) is 11.4. The van der Waals surface area contributed by atoms with Crippen LogP contribution in [0.15, 0.2) is 48.8 Å². The van der Waals surface area contributed by atoms with Gasteiger partial charge in [0.05, 0.1) is 11.7 Å². The Bertz CT molecular complexity index is 964. The number of aryl methyl sites for hydroxylation is 1. The van der Waals surface area contributed by atoms with Crippen molar-refractivity contribution in [1.29, 1.82) is 0 Å². The van der Waals surface area contributed by atoms with Gasteiger partial charge in [0.15, 0.2) is 0 Å². The van der Waals surface area contributed by atoms with Crippen LogP contribution in [0.4, 0.5) is 0 Å². The molecule has 3 heterocycles. The zero-order valence-electron chi connectivity index (χ0n) is 19.9. The highest BCUT2D eigenvalue weighted by Gasteiger charge is 2.42. The zero-order valence-corrected chi connectivity index (χ0v) is 19.9. The fourth-order valence-corrected chi connectivity index (χ4v) is 4.92. The first-order chi connectivity index (χ1) is 16.6. The minimum Gasteiger partial charge on any atom is -0.377 e. The highest BCUT2D eigenvalue weighted by molar-refractivity contribution is 5.97. The summed E-state index contributed by atoms with van der Waals surface area (Å²) in [5.74, 6) is -0.324. The maximum atomic E-state index is 13.4. The third-order valence-electron chi connectivity index (χ3n) is 6.81. The summed E-state index contributed by atoms with van der Waals surface area (Å²) in [6.45, 7) is 5.68. The van der Waals surface area contributed by atoms with Gasteiger partial charge in [0.2, 0.25) is 5.91 Å². The second kappa shape index (κ2) is 11.6. The lowest BCUT2D eigenvalue weighted by molar-refractivity contribution is -0.124. The van der Waals surface area contributed by atoms with E-state index in [0.717, 1.165) is 32.5 Å². The lowest BCUT2D eigenvalue weighted by Gasteiger charge is -2.31. The summed E-state index contributed by atoms with van der Waals surface area (Å²) in [5.41, 5.74) is 8.58. The summed E-state index contributed by atoms with van der Waals surface area (Å²) < 4.78 is 5.96. The molecule has 4 rings (SSSR count). The highest BCUT2D eigenvalue weighted by Crippen LogP contribution is 2.28. The smallest absolute Gasteiger partial charge is 0.256 e. The molecule has 0 aliphatic carbocycles. The number of hydrogen-bond donors (Lipinski definition) is 2. The molecule has 2 aliphatic heterocycles. The van der Waals surface area contributed by atoms with E-state index >= 15 is 0 Å². The molecule has 0 spiro atoms. The SMILES string of the molecule is Cc1ccccc1CN(CC1CCCO1)C1CC(C(=O)NCCN)N(C(=O)c2cccnc2)C1. The molecule has 8 nitrogen and oxygen atoms in total. The first kappa shape index (κ1) is 24.3. The third-order valence-corrected chi connectivity index (χ3v) is 6.81. The number of carbonyl (C=O) groups is 2. The average molecular weight is 466 g/mol. The van der Waals surface area contributed by atoms with Crippen molar-refractivity contribution in [1.82, 2.24) is 20.1 Å². The number of rotatable bonds is 9. The molecule has 1 aromatic carbocycles. The molecule has 3 atom stereocenters. The number of benzene rings is 1. The number of carbonyl (C=O) groups excluding carboxylic acids is 2. The van der Waals surface area contributed by atoms with Crippen LogP contribution in [0.1, 0.15) is 40.7 Å². The molecular formula is C26H35N5O3. The van der Waals surface area contributed by atoms with Crippen molar-refractivity contribution in [3.8, 4) is 0 Å². The Morgan fingerprint density at radius 2 is 2.12 bits per heavy atom. The Labute approximate surface area is 201 Å². The van der Waals surface area contributed by atoms with E-state index < -0.39 is 6.04 Å². The monoisotopic (exact) mass is 465 g/mol. The summed E-state index contributed by atoms with van der Waals surface area (Å²) in [4.78, 5) is 34.7. The van der Waals surface area contributed by atoms with Gasteiger partial charge in [0.1, 0.15) is 6.04 Å². The van der Waals surface area contributed by atoms with Gasteiger partial charge < -0.3 is 20.7 Å². The van der Waals surface area contributed by atoms with Crippen molar-refractivity contribution in [3.63, 3.8) is 0 Å². The summed E-state index contributed by atoms with van der Waals surface area (Å²) >= 11 is 0. The fourth-order valence-electron chi connectivity index (χ4n) is 4.92. The van der Waals surface area contributed by atoms with Gasteiger partial charge in [0.25, 0.3) is 5.91 Å². The number of nitrogens with two attached hydrogens (primary N) is 1. The molecule has 0 bridgehead atoms. The van der Waals surface area contributed by atoms with Crippen molar-refractivity contribution in [2.75, 3.05) is 32.8 Å². The van der Waals surface area contributed by atoms with Gasteiger partial charge in [-0.05, 0) is 49.4 Å². The number of nitrogens with one attached hydrogen (secondary N) is 1. The number of likely N-dealkylation sites (tertiary alicyclic amines) is 1. The van der Waals surface area contributed by atoms with Crippen LogP contribution in [0.25, 0.3) is 0 Å². The topological polar surface area (TPSA) is 101 Å². The number of ether oxygens (including phenoxy) is 1. The first-order valence-electron chi connectivity index (χ1n) is 12.2. The van der Waals surface area contributed by atoms with Gasteiger partial charge in [-0.1, -0.05) is 24.3 Å². The van der Waals surface area contributed by atoms with E-state index in [0.29, 0.717) is 31.6 Å². The third kappa shape index (κ3) is 5.81. The van der Waals surface area contributed by atoms with Gasteiger partial charge >= 0.3 is 0 Å². The highest BCUT2D eigenvalue weighted by atomic mass is 16.5. The summed E-state index contributed by atoms with van der Waals surface area (Å²) in [6.07, 6.45) is 6.05. The van der Waals surface area contributed by atoms with Crippen LogP contribution in [0.5, 0.6) is 0 Å². The van der Waals surface area contributed by atoms with Crippen LogP contribution in [0.3, 0.4) is 0 Å². The maximum absolute atomic E-state index is 13.4. The second-order valence-electron chi connectivity index (χ2n) is 9.18. The van der Waals surface area contributed by atoms with E-state index in [2.05, 4.69) is 40.3 Å². The van der Waals surface area contributed by atoms with Crippen molar-refractivity contribution in [2.45, 2.75) is 50.9 Å². The van der Waals surface area contributed by atoms with E-state index in [1.165, 1.54) is 11.1 Å². The molecule has 1 aromatic heterocycles. The molecule has 34 heavy (non-hydrogen) atoms.